The summed E-state index contributed by atoms with van der Waals surface area (Å²) in [4.78, 5) is 4.22. The van der Waals surface area contributed by atoms with Crippen molar-refractivity contribution in [2.75, 3.05) is 0 Å². The van der Waals surface area contributed by atoms with Gasteiger partial charge >= 0.3 is 0 Å². The Morgan fingerprint density at radius 2 is 2.12 bits per heavy atom. The summed E-state index contributed by atoms with van der Waals surface area (Å²) in [6, 6.07) is 0. The highest BCUT2D eigenvalue weighted by atomic mass is 15.1. The minimum absolute atomic E-state index is 1.03. The molecule has 0 saturated heterocycles. The molecule has 0 atom stereocenters. The summed E-state index contributed by atoms with van der Waals surface area (Å²) in [5.74, 6) is 2.39. The molecule has 0 saturated carbocycles. The first-order valence-corrected chi connectivity index (χ1v) is 5.67. The summed E-state index contributed by atoms with van der Waals surface area (Å²) in [5.41, 5.74) is 0. The number of nitrogens with zero attached hydrogens (tertiary/aromatic N) is 4. The molecule has 2 aromatic rings. The van der Waals surface area contributed by atoms with Crippen molar-refractivity contribution >= 4 is 0 Å². The smallest absolute Gasteiger partial charge is 0.253 e. The second-order valence-corrected chi connectivity index (χ2v) is 4.17. The standard InChI is InChI=1S/C12H19N4/c1-11-13-5-8-15(11)6-4-7-16-10-9-14(3)12(16)2/h5,8-10H,4,6-7H2,1-3H3/q+1. The topological polar surface area (TPSA) is 26.6 Å². The second-order valence-electron chi connectivity index (χ2n) is 4.17. The zero-order chi connectivity index (χ0) is 11.5. The number of aromatic nitrogens is 4. The van der Waals surface area contributed by atoms with Crippen LogP contribution < -0.4 is 4.57 Å². The number of hydrogen-bond acceptors (Lipinski definition) is 1. The molecule has 0 unspecified atom stereocenters. The Bertz CT molecular complexity index is 467. The van der Waals surface area contributed by atoms with Gasteiger partial charge in [0.15, 0.2) is 0 Å². The van der Waals surface area contributed by atoms with E-state index in [1.807, 2.05) is 19.3 Å². The molecule has 0 aliphatic carbocycles. The maximum absolute atomic E-state index is 4.22. The Hall–Kier alpha value is -1.58. The van der Waals surface area contributed by atoms with Crippen LogP contribution in [-0.2, 0) is 20.1 Å². The van der Waals surface area contributed by atoms with E-state index in [0.717, 1.165) is 25.3 Å². The maximum atomic E-state index is 4.22. The van der Waals surface area contributed by atoms with E-state index >= 15 is 0 Å². The highest BCUT2D eigenvalue weighted by Crippen LogP contribution is 1.98. The number of aryl methyl sites for hydroxylation is 4. The van der Waals surface area contributed by atoms with E-state index in [0.29, 0.717) is 0 Å². The predicted molar refractivity (Wildman–Crippen MR) is 61.9 cm³/mol. The number of rotatable bonds is 4. The average molecular weight is 219 g/mol. The first kappa shape index (κ1) is 10.9. The molecule has 0 aliphatic heterocycles. The van der Waals surface area contributed by atoms with E-state index in [1.165, 1.54) is 5.82 Å². The summed E-state index contributed by atoms with van der Waals surface area (Å²) < 4.78 is 6.62. The fourth-order valence-corrected chi connectivity index (χ4v) is 1.89. The molecule has 0 radical (unpaired) electrons. The molecule has 0 bridgehead atoms. The van der Waals surface area contributed by atoms with Crippen LogP contribution in [0.2, 0.25) is 0 Å². The molecule has 2 aromatic heterocycles. The Morgan fingerprint density at radius 3 is 2.69 bits per heavy atom. The van der Waals surface area contributed by atoms with Crippen LogP contribution in [0.3, 0.4) is 0 Å². The van der Waals surface area contributed by atoms with Gasteiger partial charge in [-0.2, -0.15) is 0 Å². The van der Waals surface area contributed by atoms with Gasteiger partial charge in [-0.25, -0.2) is 14.1 Å². The monoisotopic (exact) mass is 219 g/mol. The fraction of sp³-hybridized carbons (Fsp3) is 0.500. The molecule has 2 heterocycles. The van der Waals surface area contributed by atoms with Gasteiger partial charge in [-0.05, 0) is 6.92 Å². The zero-order valence-electron chi connectivity index (χ0n) is 10.2. The third kappa shape index (κ3) is 2.15. The largest absolute Gasteiger partial charge is 0.335 e. The van der Waals surface area contributed by atoms with Crippen LogP contribution in [0.5, 0.6) is 0 Å². The molecule has 0 aromatic carbocycles. The fourth-order valence-electron chi connectivity index (χ4n) is 1.89. The van der Waals surface area contributed by atoms with Gasteiger partial charge < -0.3 is 4.57 Å². The minimum Gasteiger partial charge on any atom is -0.335 e. The van der Waals surface area contributed by atoms with E-state index in [2.05, 4.69) is 45.1 Å². The third-order valence-corrected chi connectivity index (χ3v) is 3.12. The van der Waals surface area contributed by atoms with Crippen molar-refractivity contribution in [3.8, 4) is 0 Å². The highest BCUT2D eigenvalue weighted by Gasteiger charge is 2.07. The van der Waals surface area contributed by atoms with E-state index in [-0.39, 0.29) is 0 Å². The summed E-state index contributed by atoms with van der Waals surface area (Å²) in [6.45, 7) is 6.28. The molecule has 0 amide bonds. The SMILES string of the molecule is Cc1nccn1CCC[n+]1ccn(C)c1C. The van der Waals surface area contributed by atoms with Crippen molar-refractivity contribution in [1.82, 2.24) is 14.1 Å². The molecule has 4 heteroatoms. The van der Waals surface area contributed by atoms with Gasteiger partial charge in [0.05, 0.1) is 13.6 Å². The Kier molecular flexibility index (Phi) is 3.08. The van der Waals surface area contributed by atoms with Crippen molar-refractivity contribution in [3.63, 3.8) is 0 Å². The van der Waals surface area contributed by atoms with E-state index < -0.39 is 0 Å². The lowest BCUT2D eigenvalue weighted by molar-refractivity contribution is -0.702. The summed E-state index contributed by atoms with van der Waals surface area (Å²) in [5, 5.41) is 0. The van der Waals surface area contributed by atoms with Crippen LogP contribution in [0.1, 0.15) is 18.1 Å². The van der Waals surface area contributed by atoms with Gasteiger partial charge in [0.2, 0.25) is 0 Å². The van der Waals surface area contributed by atoms with E-state index in [4.69, 9.17) is 0 Å². The minimum atomic E-state index is 1.03. The van der Waals surface area contributed by atoms with Crippen LogP contribution in [0.4, 0.5) is 0 Å². The molecule has 0 N–H and O–H groups in total. The molecule has 86 valence electrons. The van der Waals surface area contributed by atoms with Crippen molar-refractivity contribution < 1.29 is 4.57 Å². The van der Waals surface area contributed by atoms with Gasteiger partial charge in [0, 0.05) is 32.3 Å². The first-order valence-electron chi connectivity index (χ1n) is 5.67. The molecular weight excluding hydrogens is 200 g/mol. The van der Waals surface area contributed by atoms with Crippen molar-refractivity contribution in [3.05, 3.63) is 36.4 Å². The molecule has 0 fully saturated rings. The summed E-state index contributed by atoms with van der Waals surface area (Å²) in [6.07, 6.45) is 9.26. The molecule has 2 rings (SSSR count). The Labute approximate surface area is 96.2 Å². The zero-order valence-corrected chi connectivity index (χ0v) is 10.2. The van der Waals surface area contributed by atoms with Crippen molar-refractivity contribution in [2.45, 2.75) is 33.4 Å². The van der Waals surface area contributed by atoms with Crippen LogP contribution in [0, 0.1) is 13.8 Å². The van der Waals surface area contributed by atoms with Crippen molar-refractivity contribution in [1.29, 1.82) is 0 Å². The molecular formula is C12H19N4+. The second kappa shape index (κ2) is 4.51. The lowest BCUT2D eigenvalue weighted by Crippen LogP contribution is -2.35. The molecule has 0 aliphatic rings. The molecule has 4 nitrogen and oxygen atoms in total. The summed E-state index contributed by atoms with van der Waals surface area (Å²) >= 11 is 0. The Balaban J connectivity index is 1.89. The number of hydrogen-bond donors (Lipinski definition) is 0. The van der Waals surface area contributed by atoms with E-state index in [1.54, 1.807) is 0 Å². The van der Waals surface area contributed by atoms with Crippen LogP contribution in [0.25, 0.3) is 0 Å². The lowest BCUT2D eigenvalue weighted by Gasteiger charge is -2.03. The normalized spacial score (nSPS) is 10.9. The van der Waals surface area contributed by atoms with Gasteiger partial charge in [-0.3, -0.25) is 0 Å². The van der Waals surface area contributed by atoms with E-state index in [9.17, 15) is 0 Å². The summed E-state index contributed by atoms with van der Waals surface area (Å²) in [7, 11) is 2.08. The maximum Gasteiger partial charge on any atom is 0.253 e. The number of imidazole rings is 2. The first-order chi connectivity index (χ1) is 7.68. The van der Waals surface area contributed by atoms with Gasteiger partial charge in [-0.15, -0.1) is 0 Å². The average Bonchev–Trinajstić information content (AvgIpc) is 2.80. The van der Waals surface area contributed by atoms with Crippen LogP contribution >= 0.6 is 0 Å². The lowest BCUT2D eigenvalue weighted by atomic mass is 10.4. The van der Waals surface area contributed by atoms with Gasteiger partial charge in [0.1, 0.15) is 18.2 Å². The van der Waals surface area contributed by atoms with Gasteiger partial charge in [0.25, 0.3) is 5.82 Å². The van der Waals surface area contributed by atoms with Crippen LogP contribution in [0.15, 0.2) is 24.8 Å². The highest BCUT2D eigenvalue weighted by molar-refractivity contribution is 4.87. The molecule has 0 spiro atoms. The molecule has 16 heavy (non-hydrogen) atoms. The third-order valence-electron chi connectivity index (χ3n) is 3.12. The van der Waals surface area contributed by atoms with Crippen molar-refractivity contribution in [2.24, 2.45) is 7.05 Å². The Morgan fingerprint density at radius 1 is 1.31 bits per heavy atom. The quantitative estimate of drug-likeness (QED) is 0.710. The van der Waals surface area contributed by atoms with Gasteiger partial charge in [-0.1, -0.05) is 0 Å². The van der Waals surface area contributed by atoms with Crippen LogP contribution in [-0.4, -0.2) is 14.1 Å². The predicted octanol–water partition coefficient (Wildman–Crippen LogP) is 1.22.